The first-order chi connectivity index (χ1) is 11.0. The van der Waals surface area contributed by atoms with Gasteiger partial charge in [-0.1, -0.05) is 66.6 Å². The summed E-state index contributed by atoms with van der Waals surface area (Å²) in [6.45, 7) is 7.04. The number of hydrogen-bond donors (Lipinski definition) is 1. The Labute approximate surface area is 143 Å². The van der Waals surface area contributed by atoms with Gasteiger partial charge in [-0.3, -0.25) is 4.79 Å². The molecule has 2 rings (SSSR count). The highest BCUT2D eigenvalue weighted by atomic mass is 32.2. The SMILES string of the molecule is Cc1cc(C)cc(CSCC(=O)NC[C@@H](C)c2ccccc2)c1. The summed E-state index contributed by atoms with van der Waals surface area (Å²) in [6.07, 6.45) is 0. The number of aryl methyl sites for hydroxylation is 2. The van der Waals surface area contributed by atoms with Gasteiger partial charge in [-0.25, -0.2) is 0 Å². The van der Waals surface area contributed by atoms with Crippen LogP contribution in [-0.4, -0.2) is 18.2 Å². The molecule has 2 aromatic rings. The zero-order valence-electron chi connectivity index (χ0n) is 14.1. The molecule has 2 nitrogen and oxygen atoms in total. The fraction of sp³-hybridized carbons (Fsp3) is 0.350. The van der Waals surface area contributed by atoms with Crippen molar-refractivity contribution in [3.63, 3.8) is 0 Å². The Balaban J connectivity index is 1.71. The molecular weight excluding hydrogens is 302 g/mol. The highest BCUT2D eigenvalue weighted by molar-refractivity contribution is 7.99. The van der Waals surface area contributed by atoms with Crippen LogP contribution in [0, 0.1) is 13.8 Å². The third-order valence-electron chi connectivity index (χ3n) is 3.76. The second kappa shape index (κ2) is 8.78. The van der Waals surface area contributed by atoms with Crippen molar-refractivity contribution in [3.05, 3.63) is 70.8 Å². The van der Waals surface area contributed by atoms with Gasteiger partial charge >= 0.3 is 0 Å². The Hall–Kier alpha value is -1.74. The lowest BCUT2D eigenvalue weighted by Gasteiger charge is -2.13. The van der Waals surface area contributed by atoms with E-state index < -0.39 is 0 Å². The molecule has 1 atom stereocenters. The molecule has 0 fully saturated rings. The van der Waals surface area contributed by atoms with Crippen molar-refractivity contribution in [2.45, 2.75) is 32.4 Å². The second-order valence-corrected chi connectivity index (χ2v) is 7.09. The first-order valence-corrected chi connectivity index (χ1v) is 9.16. The molecule has 0 unspecified atom stereocenters. The minimum atomic E-state index is 0.113. The molecule has 0 bridgehead atoms. The molecule has 0 aromatic heterocycles. The molecule has 0 aliphatic heterocycles. The van der Waals surface area contributed by atoms with Gasteiger partial charge in [-0.2, -0.15) is 0 Å². The summed E-state index contributed by atoms with van der Waals surface area (Å²) in [5.41, 5.74) is 5.11. The summed E-state index contributed by atoms with van der Waals surface area (Å²) in [5.74, 6) is 1.84. The van der Waals surface area contributed by atoms with Crippen LogP contribution in [0.1, 0.15) is 35.1 Å². The van der Waals surface area contributed by atoms with Crippen LogP contribution in [0.25, 0.3) is 0 Å². The van der Waals surface area contributed by atoms with Crippen molar-refractivity contribution >= 4 is 17.7 Å². The van der Waals surface area contributed by atoms with Crippen LogP contribution in [-0.2, 0) is 10.5 Å². The first-order valence-electron chi connectivity index (χ1n) is 8.01. The summed E-state index contributed by atoms with van der Waals surface area (Å²) >= 11 is 1.67. The lowest BCUT2D eigenvalue weighted by atomic mass is 10.0. The first kappa shape index (κ1) is 17.6. The van der Waals surface area contributed by atoms with Gasteiger partial charge in [-0.05, 0) is 30.9 Å². The topological polar surface area (TPSA) is 29.1 Å². The predicted octanol–water partition coefficient (Wildman–Crippen LogP) is 4.46. The summed E-state index contributed by atoms with van der Waals surface area (Å²) in [5, 5.41) is 3.03. The van der Waals surface area contributed by atoms with E-state index in [9.17, 15) is 4.79 Å². The van der Waals surface area contributed by atoms with Gasteiger partial charge < -0.3 is 5.32 Å². The van der Waals surface area contributed by atoms with E-state index in [0.717, 1.165) is 5.75 Å². The van der Waals surface area contributed by atoms with Crippen molar-refractivity contribution in [1.82, 2.24) is 5.32 Å². The minimum Gasteiger partial charge on any atom is -0.355 e. The van der Waals surface area contributed by atoms with Crippen molar-refractivity contribution in [2.24, 2.45) is 0 Å². The van der Waals surface area contributed by atoms with E-state index in [1.54, 1.807) is 11.8 Å². The number of carbonyl (C=O) groups is 1. The third-order valence-corrected chi connectivity index (χ3v) is 4.76. The largest absolute Gasteiger partial charge is 0.355 e. The quantitative estimate of drug-likeness (QED) is 0.813. The van der Waals surface area contributed by atoms with Crippen LogP contribution >= 0.6 is 11.8 Å². The van der Waals surface area contributed by atoms with E-state index in [1.807, 2.05) is 18.2 Å². The second-order valence-electron chi connectivity index (χ2n) is 6.10. The van der Waals surface area contributed by atoms with E-state index in [-0.39, 0.29) is 5.91 Å². The summed E-state index contributed by atoms with van der Waals surface area (Å²) < 4.78 is 0. The lowest BCUT2D eigenvalue weighted by Crippen LogP contribution is -2.29. The molecule has 0 heterocycles. The van der Waals surface area contributed by atoms with E-state index in [1.165, 1.54) is 22.3 Å². The van der Waals surface area contributed by atoms with E-state index in [0.29, 0.717) is 18.2 Å². The van der Waals surface area contributed by atoms with Crippen molar-refractivity contribution in [3.8, 4) is 0 Å². The van der Waals surface area contributed by atoms with Gasteiger partial charge in [0.25, 0.3) is 0 Å². The summed E-state index contributed by atoms with van der Waals surface area (Å²) in [6, 6.07) is 16.8. The maximum atomic E-state index is 12.0. The Morgan fingerprint density at radius 1 is 1.09 bits per heavy atom. The van der Waals surface area contributed by atoms with Gasteiger partial charge in [0.2, 0.25) is 5.91 Å². The lowest BCUT2D eigenvalue weighted by molar-refractivity contribution is -0.118. The third kappa shape index (κ3) is 6.11. The molecular formula is C20H25NOS. The molecule has 0 radical (unpaired) electrons. The fourth-order valence-corrected chi connectivity index (χ4v) is 3.42. The van der Waals surface area contributed by atoms with Crippen LogP contribution in [0.5, 0.6) is 0 Å². The maximum absolute atomic E-state index is 12.0. The molecule has 0 spiro atoms. The minimum absolute atomic E-state index is 0.113. The van der Waals surface area contributed by atoms with Gasteiger partial charge in [0.15, 0.2) is 0 Å². The molecule has 1 amide bonds. The molecule has 1 N–H and O–H groups in total. The van der Waals surface area contributed by atoms with Gasteiger partial charge in [0.05, 0.1) is 5.75 Å². The summed E-state index contributed by atoms with van der Waals surface area (Å²) in [7, 11) is 0. The zero-order valence-corrected chi connectivity index (χ0v) is 15.0. The van der Waals surface area contributed by atoms with Gasteiger partial charge in [0, 0.05) is 12.3 Å². The molecule has 3 heteroatoms. The van der Waals surface area contributed by atoms with Crippen LogP contribution in [0.4, 0.5) is 0 Å². The van der Waals surface area contributed by atoms with Crippen LogP contribution in [0.2, 0.25) is 0 Å². The van der Waals surface area contributed by atoms with Crippen molar-refractivity contribution < 1.29 is 4.79 Å². The van der Waals surface area contributed by atoms with Gasteiger partial charge in [0.1, 0.15) is 0 Å². The zero-order chi connectivity index (χ0) is 16.7. The maximum Gasteiger partial charge on any atom is 0.230 e. The Kier molecular flexibility index (Phi) is 6.72. The number of amides is 1. The highest BCUT2D eigenvalue weighted by Gasteiger charge is 2.07. The molecule has 0 saturated carbocycles. The number of thioether (sulfide) groups is 1. The highest BCUT2D eigenvalue weighted by Crippen LogP contribution is 2.16. The smallest absolute Gasteiger partial charge is 0.230 e. The van der Waals surface area contributed by atoms with Crippen LogP contribution in [0.3, 0.4) is 0 Å². The molecule has 0 aliphatic rings. The average Bonchev–Trinajstić information content (AvgIpc) is 2.52. The summed E-state index contributed by atoms with van der Waals surface area (Å²) in [4.78, 5) is 12.0. The number of carbonyl (C=O) groups excluding carboxylic acids is 1. The Morgan fingerprint density at radius 3 is 2.39 bits per heavy atom. The van der Waals surface area contributed by atoms with Crippen molar-refractivity contribution in [2.75, 3.05) is 12.3 Å². The van der Waals surface area contributed by atoms with E-state index >= 15 is 0 Å². The Bertz CT molecular complexity index is 619. The molecule has 0 saturated heterocycles. The van der Waals surface area contributed by atoms with E-state index in [2.05, 4.69) is 56.4 Å². The molecule has 23 heavy (non-hydrogen) atoms. The van der Waals surface area contributed by atoms with Crippen LogP contribution < -0.4 is 5.32 Å². The number of benzene rings is 2. The average molecular weight is 327 g/mol. The molecule has 122 valence electrons. The van der Waals surface area contributed by atoms with Gasteiger partial charge in [-0.15, -0.1) is 11.8 Å². The predicted molar refractivity (Wildman–Crippen MR) is 99.9 cm³/mol. The standard InChI is InChI=1S/C20H25NOS/c1-15-9-16(2)11-18(10-15)13-23-14-20(22)21-12-17(3)19-7-5-4-6-8-19/h4-11,17H,12-14H2,1-3H3,(H,21,22)/t17-/m1/s1. The number of hydrogen-bond acceptors (Lipinski definition) is 2. The normalized spacial score (nSPS) is 12.0. The molecule has 0 aliphatic carbocycles. The molecule has 2 aromatic carbocycles. The van der Waals surface area contributed by atoms with Crippen LogP contribution in [0.15, 0.2) is 48.5 Å². The van der Waals surface area contributed by atoms with Crippen molar-refractivity contribution in [1.29, 1.82) is 0 Å². The van der Waals surface area contributed by atoms with E-state index in [4.69, 9.17) is 0 Å². The Morgan fingerprint density at radius 2 is 1.74 bits per heavy atom. The number of nitrogens with one attached hydrogen (secondary N) is 1. The fourth-order valence-electron chi connectivity index (χ4n) is 2.63. The monoisotopic (exact) mass is 327 g/mol. The number of rotatable bonds is 7.